The van der Waals surface area contributed by atoms with Gasteiger partial charge in [0.15, 0.2) is 6.10 Å². The Morgan fingerprint density at radius 3 is 2.14 bits per heavy atom. The Morgan fingerprint density at radius 2 is 1.57 bits per heavy atom. The van der Waals surface area contributed by atoms with E-state index in [-0.39, 0.29) is 6.61 Å². The van der Waals surface area contributed by atoms with Crippen LogP contribution < -0.4 is 5.32 Å². The molecule has 0 saturated carbocycles. The molecule has 2 aromatic carbocycles. The van der Waals surface area contributed by atoms with Crippen molar-refractivity contribution in [2.24, 2.45) is 0 Å². The summed E-state index contributed by atoms with van der Waals surface area (Å²) in [6.07, 6.45) is -0.707. The second-order valence-electron chi connectivity index (χ2n) is 4.89. The van der Waals surface area contributed by atoms with Gasteiger partial charge in [-0.2, -0.15) is 0 Å². The smallest absolute Gasteiger partial charge is 0.253 e. The van der Waals surface area contributed by atoms with E-state index in [4.69, 9.17) is 0 Å². The molecule has 0 aliphatic heterocycles. The molecule has 0 bridgehead atoms. The summed E-state index contributed by atoms with van der Waals surface area (Å²) in [6.45, 7) is -0.178. The van der Waals surface area contributed by atoms with Gasteiger partial charge >= 0.3 is 0 Å². The maximum absolute atomic E-state index is 12.0. The quantitative estimate of drug-likeness (QED) is 0.752. The first-order valence-corrected chi connectivity index (χ1v) is 6.89. The molecular formula is C17H19NO3. The van der Waals surface area contributed by atoms with Crippen LogP contribution in [0.5, 0.6) is 0 Å². The third-order valence-electron chi connectivity index (χ3n) is 3.26. The van der Waals surface area contributed by atoms with Crippen molar-refractivity contribution in [2.75, 3.05) is 6.61 Å². The van der Waals surface area contributed by atoms with E-state index in [2.05, 4.69) is 5.32 Å². The van der Waals surface area contributed by atoms with Gasteiger partial charge in [-0.1, -0.05) is 60.7 Å². The summed E-state index contributed by atoms with van der Waals surface area (Å²) in [6, 6.07) is 17.9. The van der Waals surface area contributed by atoms with Gasteiger partial charge in [-0.3, -0.25) is 4.79 Å². The fourth-order valence-electron chi connectivity index (χ4n) is 2.13. The highest BCUT2D eigenvalue weighted by molar-refractivity contribution is 5.82. The number of hydrogen-bond acceptors (Lipinski definition) is 3. The molecular weight excluding hydrogens is 266 g/mol. The predicted octanol–water partition coefficient (Wildman–Crippen LogP) is 1.44. The summed E-state index contributed by atoms with van der Waals surface area (Å²) >= 11 is 0. The second kappa shape index (κ2) is 7.57. The molecule has 110 valence electrons. The Hall–Kier alpha value is -2.17. The van der Waals surface area contributed by atoms with Gasteiger partial charge in [-0.15, -0.1) is 0 Å². The number of aliphatic hydroxyl groups excluding tert-OH is 2. The van der Waals surface area contributed by atoms with E-state index in [1.165, 1.54) is 0 Å². The Morgan fingerprint density at radius 1 is 1.00 bits per heavy atom. The first kappa shape index (κ1) is 15.2. The van der Waals surface area contributed by atoms with Crippen molar-refractivity contribution < 1.29 is 15.0 Å². The van der Waals surface area contributed by atoms with Crippen molar-refractivity contribution in [2.45, 2.75) is 18.6 Å². The van der Waals surface area contributed by atoms with Crippen LogP contribution in [0.1, 0.15) is 17.2 Å². The zero-order chi connectivity index (χ0) is 15.1. The maximum Gasteiger partial charge on any atom is 0.253 e. The highest BCUT2D eigenvalue weighted by Gasteiger charge is 2.20. The molecule has 0 aliphatic carbocycles. The SMILES string of the molecule is O=C(N[C@@H](CO)Cc1ccccc1)[C@H](O)c1ccccc1. The zero-order valence-corrected chi connectivity index (χ0v) is 11.6. The third kappa shape index (κ3) is 4.41. The molecule has 0 aliphatic rings. The zero-order valence-electron chi connectivity index (χ0n) is 11.6. The van der Waals surface area contributed by atoms with Crippen LogP contribution in [0.3, 0.4) is 0 Å². The minimum absolute atomic E-state index is 0.178. The summed E-state index contributed by atoms with van der Waals surface area (Å²) in [5.74, 6) is -0.504. The molecule has 0 fully saturated rings. The number of hydrogen-bond donors (Lipinski definition) is 3. The molecule has 4 nitrogen and oxygen atoms in total. The maximum atomic E-state index is 12.0. The first-order chi connectivity index (χ1) is 10.2. The molecule has 0 aromatic heterocycles. The van der Waals surface area contributed by atoms with Crippen molar-refractivity contribution >= 4 is 5.91 Å². The van der Waals surface area contributed by atoms with Crippen LogP contribution in [0.25, 0.3) is 0 Å². The minimum Gasteiger partial charge on any atom is -0.394 e. The number of carbonyl (C=O) groups excluding carboxylic acids is 1. The lowest BCUT2D eigenvalue weighted by Gasteiger charge is -2.19. The Balaban J connectivity index is 1.96. The third-order valence-corrected chi connectivity index (χ3v) is 3.26. The van der Waals surface area contributed by atoms with E-state index < -0.39 is 18.1 Å². The van der Waals surface area contributed by atoms with Crippen molar-refractivity contribution in [3.05, 3.63) is 71.8 Å². The molecule has 2 rings (SSSR count). The van der Waals surface area contributed by atoms with Crippen LogP contribution in [0.2, 0.25) is 0 Å². The van der Waals surface area contributed by atoms with E-state index in [0.29, 0.717) is 12.0 Å². The van der Waals surface area contributed by atoms with Crippen molar-refractivity contribution in [3.8, 4) is 0 Å². The van der Waals surface area contributed by atoms with Crippen LogP contribution in [-0.4, -0.2) is 28.8 Å². The summed E-state index contributed by atoms with van der Waals surface area (Å²) in [5, 5.41) is 22.1. The number of benzene rings is 2. The van der Waals surface area contributed by atoms with E-state index in [0.717, 1.165) is 5.56 Å². The molecule has 3 N–H and O–H groups in total. The number of nitrogens with one attached hydrogen (secondary N) is 1. The van der Waals surface area contributed by atoms with Crippen molar-refractivity contribution in [1.82, 2.24) is 5.32 Å². The lowest BCUT2D eigenvalue weighted by molar-refractivity contribution is -0.130. The molecule has 2 aromatic rings. The van der Waals surface area contributed by atoms with Gasteiger partial charge in [0, 0.05) is 0 Å². The summed E-state index contributed by atoms with van der Waals surface area (Å²) in [4.78, 5) is 12.0. The lowest BCUT2D eigenvalue weighted by atomic mass is 10.0. The standard InChI is InChI=1S/C17H19NO3/c19-12-15(11-13-7-3-1-4-8-13)18-17(21)16(20)14-9-5-2-6-10-14/h1-10,15-16,19-20H,11-12H2,(H,18,21)/t15-,16-/m1/s1. The summed E-state index contributed by atoms with van der Waals surface area (Å²) in [7, 11) is 0. The van der Waals surface area contributed by atoms with Gasteiger partial charge in [-0.05, 0) is 17.5 Å². The van der Waals surface area contributed by atoms with Crippen LogP contribution in [0.15, 0.2) is 60.7 Å². The monoisotopic (exact) mass is 285 g/mol. The Labute approximate surface area is 124 Å². The molecule has 0 saturated heterocycles. The van der Waals surface area contributed by atoms with Gasteiger partial charge in [-0.25, -0.2) is 0 Å². The fourth-order valence-corrected chi connectivity index (χ4v) is 2.13. The van der Waals surface area contributed by atoms with Crippen LogP contribution in [-0.2, 0) is 11.2 Å². The number of amides is 1. The molecule has 0 radical (unpaired) electrons. The van der Waals surface area contributed by atoms with Crippen molar-refractivity contribution in [3.63, 3.8) is 0 Å². The van der Waals surface area contributed by atoms with Crippen LogP contribution >= 0.6 is 0 Å². The van der Waals surface area contributed by atoms with E-state index in [1.807, 2.05) is 36.4 Å². The van der Waals surface area contributed by atoms with Gasteiger partial charge < -0.3 is 15.5 Å². The molecule has 2 atom stereocenters. The number of carbonyl (C=O) groups is 1. The molecule has 21 heavy (non-hydrogen) atoms. The highest BCUT2D eigenvalue weighted by atomic mass is 16.3. The summed E-state index contributed by atoms with van der Waals surface area (Å²) < 4.78 is 0. The lowest BCUT2D eigenvalue weighted by Crippen LogP contribution is -2.41. The largest absolute Gasteiger partial charge is 0.394 e. The van der Waals surface area contributed by atoms with Gasteiger partial charge in [0.25, 0.3) is 5.91 Å². The second-order valence-corrected chi connectivity index (χ2v) is 4.89. The Bertz CT molecular complexity index is 557. The average Bonchev–Trinajstić information content (AvgIpc) is 2.55. The highest BCUT2D eigenvalue weighted by Crippen LogP contribution is 2.12. The van der Waals surface area contributed by atoms with E-state index in [9.17, 15) is 15.0 Å². The minimum atomic E-state index is -1.23. The molecule has 0 spiro atoms. The van der Waals surface area contributed by atoms with E-state index in [1.54, 1.807) is 24.3 Å². The molecule has 1 amide bonds. The predicted molar refractivity (Wildman–Crippen MR) is 80.6 cm³/mol. The van der Waals surface area contributed by atoms with Gasteiger partial charge in [0.05, 0.1) is 12.6 Å². The number of rotatable bonds is 6. The molecule has 4 heteroatoms. The molecule has 0 unspecified atom stereocenters. The topological polar surface area (TPSA) is 69.6 Å². The fraction of sp³-hybridized carbons (Fsp3) is 0.235. The van der Waals surface area contributed by atoms with E-state index >= 15 is 0 Å². The van der Waals surface area contributed by atoms with Gasteiger partial charge in [0.2, 0.25) is 0 Å². The van der Waals surface area contributed by atoms with Gasteiger partial charge in [0.1, 0.15) is 0 Å². The number of aliphatic hydroxyl groups is 2. The van der Waals surface area contributed by atoms with Crippen molar-refractivity contribution in [1.29, 1.82) is 0 Å². The first-order valence-electron chi connectivity index (χ1n) is 6.89. The summed E-state index contributed by atoms with van der Waals surface area (Å²) in [5.41, 5.74) is 1.55. The Kier molecular flexibility index (Phi) is 5.49. The normalized spacial score (nSPS) is 13.4. The molecule has 0 heterocycles. The van der Waals surface area contributed by atoms with Crippen LogP contribution in [0.4, 0.5) is 0 Å². The van der Waals surface area contributed by atoms with Crippen LogP contribution in [0, 0.1) is 0 Å². The average molecular weight is 285 g/mol.